The second-order valence-electron chi connectivity index (χ2n) is 7.54. The predicted octanol–water partition coefficient (Wildman–Crippen LogP) is 4.06. The summed E-state index contributed by atoms with van der Waals surface area (Å²) in [6, 6.07) is 11.8. The molecule has 3 rings (SSSR count). The minimum atomic E-state index is -0.608. The Morgan fingerprint density at radius 3 is 2.53 bits per heavy atom. The summed E-state index contributed by atoms with van der Waals surface area (Å²) < 4.78 is 16.2. The highest BCUT2D eigenvalue weighted by atomic mass is 16.5. The van der Waals surface area contributed by atoms with Gasteiger partial charge in [-0.3, -0.25) is 9.59 Å². The summed E-state index contributed by atoms with van der Waals surface area (Å²) >= 11 is 0. The minimum absolute atomic E-state index is 0.0941. The molecular formula is C25H27NO6. The molecular weight excluding hydrogens is 410 g/mol. The number of nitrogens with one attached hydrogen (secondary N) is 1. The fourth-order valence-corrected chi connectivity index (χ4v) is 3.14. The molecule has 0 bridgehead atoms. The van der Waals surface area contributed by atoms with E-state index in [4.69, 9.17) is 13.9 Å². The molecule has 0 spiro atoms. The molecule has 0 atom stereocenters. The number of rotatable bonds is 9. The normalized spacial score (nSPS) is 10.7. The lowest BCUT2D eigenvalue weighted by molar-refractivity contribution is -0.143. The van der Waals surface area contributed by atoms with E-state index < -0.39 is 11.6 Å². The number of fused-ring (bicyclic) bond motifs is 1. The predicted molar refractivity (Wildman–Crippen MR) is 121 cm³/mol. The lowest BCUT2D eigenvalue weighted by atomic mass is 10.0. The van der Waals surface area contributed by atoms with E-state index in [2.05, 4.69) is 12.2 Å². The molecule has 0 aliphatic heterocycles. The molecule has 0 radical (unpaired) electrons. The number of unbranched alkanes of at least 4 members (excludes halogenated alkanes) is 1. The van der Waals surface area contributed by atoms with E-state index in [1.165, 1.54) is 6.07 Å². The van der Waals surface area contributed by atoms with Gasteiger partial charge in [0.1, 0.15) is 24.5 Å². The molecule has 1 N–H and O–H groups in total. The number of carbonyl (C=O) groups is 2. The van der Waals surface area contributed by atoms with Crippen molar-refractivity contribution >= 4 is 22.8 Å². The van der Waals surface area contributed by atoms with Gasteiger partial charge in [-0.15, -0.1) is 0 Å². The third-order valence-electron chi connectivity index (χ3n) is 5.18. The van der Waals surface area contributed by atoms with E-state index in [9.17, 15) is 14.4 Å². The van der Waals surface area contributed by atoms with Gasteiger partial charge >= 0.3 is 11.6 Å². The van der Waals surface area contributed by atoms with Crippen LogP contribution >= 0.6 is 0 Å². The third-order valence-corrected chi connectivity index (χ3v) is 5.18. The molecule has 0 saturated carbocycles. The second-order valence-corrected chi connectivity index (χ2v) is 7.54. The van der Waals surface area contributed by atoms with Gasteiger partial charge in [0, 0.05) is 22.6 Å². The van der Waals surface area contributed by atoms with Gasteiger partial charge in [-0.1, -0.05) is 25.5 Å². The standard InChI is InChI=1S/C25H27NO6/c1-4-5-12-30-20-9-7-18(8-10-20)25(29)26-14-23(28)31-15-19-13-22(27)32-24-17(3)16(2)6-11-21(19)24/h6-11,13H,4-5,12,14-15H2,1-3H3,(H,26,29). The van der Waals surface area contributed by atoms with Crippen molar-refractivity contribution in [1.29, 1.82) is 0 Å². The van der Waals surface area contributed by atoms with Crippen molar-refractivity contribution < 1.29 is 23.5 Å². The van der Waals surface area contributed by atoms with Gasteiger partial charge < -0.3 is 19.2 Å². The number of benzene rings is 2. The van der Waals surface area contributed by atoms with Crippen LogP contribution in [0.15, 0.2) is 51.7 Å². The first-order valence-corrected chi connectivity index (χ1v) is 10.6. The Bertz CT molecular complexity index is 1160. The molecule has 7 nitrogen and oxygen atoms in total. The number of carbonyl (C=O) groups excluding carboxylic acids is 2. The largest absolute Gasteiger partial charge is 0.494 e. The van der Waals surface area contributed by atoms with Gasteiger partial charge in [0.25, 0.3) is 5.91 Å². The van der Waals surface area contributed by atoms with E-state index >= 15 is 0 Å². The Morgan fingerprint density at radius 2 is 1.81 bits per heavy atom. The van der Waals surface area contributed by atoms with Gasteiger partial charge in [-0.2, -0.15) is 0 Å². The SMILES string of the molecule is CCCCOc1ccc(C(=O)NCC(=O)OCc2cc(=O)oc3c(C)c(C)ccc23)cc1. The Kier molecular flexibility index (Phi) is 7.65. The molecule has 1 aromatic heterocycles. The summed E-state index contributed by atoms with van der Waals surface area (Å²) in [5.74, 6) is -0.304. The fraction of sp³-hybridized carbons (Fsp3) is 0.320. The van der Waals surface area contributed by atoms with E-state index in [1.54, 1.807) is 24.3 Å². The van der Waals surface area contributed by atoms with Crippen LogP contribution in [0.1, 0.15) is 46.8 Å². The van der Waals surface area contributed by atoms with Crippen LogP contribution in [-0.2, 0) is 16.1 Å². The molecule has 32 heavy (non-hydrogen) atoms. The smallest absolute Gasteiger partial charge is 0.336 e. The van der Waals surface area contributed by atoms with Crippen molar-refractivity contribution in [1.82, 2.24) is 5.32 Å². The number of hydrogen-bond acceptors (Lipinski definition) is 6. The molecule has 2 aromatic carbocycles. The molecule has 0 aliphatic rings. The van der Waals surface area contributed by atoms with Crippen LogP contribution in [-0.4, -0.2) is 25.0 Å². The number of aryl methyl sites for hydroxylation is 2. The maximum Gasteiger partial charge on any atom is 0.336 e. The minimum Gasteiger partial charge on any atom is -0.494 e. The molecule has 0 fully saturated rings. The van der Waals surface area contributed by atoms with Crippen molar-refractivity contribution in [2.24, 2.45) is 0 Å². The van der Waals surface area contributed by atoms with Crippen molar-refractivity contribution in [2.75, 3.05) is 13.2 Å². The molecule has 0 unspecified atom stereocenters. The van der Waals surface area contributed by atoms with Crippen molar-refractivity contribution in [3.8, 4) is 5.75 Å². The van der Waals surface area contributed by atoms with Gasteiger partial charge in [-0.25, -0.2) is 4.79 Å². The highest BCUT2D eigenvalue weighted by molar-refractivity contribution is 5.96. The average molecular weight is 437 g/mol. The zero-order valence-corrected chi connectivity index (χ0v) is 18.5. The van der Waals surface area contributed by atoms with Gasteiger partial charge in [-0.05, 0) is 55.7 Å². The fourth-order valence-electron chi connectivity index (χ4n) is 3.14. The van der Waals surface area contributed by atoms with Crippen LogP contribution in [0.2, 0.25) is 0 Å². The summed E-state index contributed by atoms with van der Waals surface area (Å²) in [6.07, 6.45) is 2.01. The molecule has 0 aliphatic carbocycles. The third kappa shape index (κ3) is 5.75. The summed E-state index contributed by atoms with van der Waals surface area (Å²) in [7, 11) is 0. The van der Waals surface area contributed by atoms with Crippen molar-refractivity contribution in [3.63, 3.8) is 0 Å². The van der Waals surface area contributed by atoms with E-state index in [0.29, 0.717) is 34.5 Å². The Hall–Kier alpha value is -3.61. The second kappa shape index (κ2) is 10.6. The van der Waals surface area contributed by atoms with Crippen LogP contribution in [0.3, 0.4) is 0 Å². The molecule has 3 aromatic rings. The van der Waals surface area contributed by atoms with E-state index in [1.807, 2.05) is 26.0 Å². The Labute approximate surface area is 186 Å². The first-order chi connectivity index (χ1) is 15.4. The number of ether oxygens (including phenoxy) is 2. The highest BCUT2D eigenvalue weighted by Crippen LogP contribution is 2.23. The zero-order chi connectivity index (χ0) is 23.1. The van der Waals surface area contributed by atoms with E-state index in [-0.39, 0.29) is 19.1 Å². The number of hydrogen-bond donors (Lipinski definition) is 1. The Morgan fingerprint density at radius 1 is 1.06 bits per heavy atom. The quantitative estimate of drug-likeness (QED) is 0.308. The summed E-state index contributed by atoms with van der Waals surface area (Å²) in [6.45, 7) is 6.13. The van der Waals surface area contributed by atoms with Gasteiger partial charge in [0.2, 0.25) is 0 Å². The monoisotopic (exact) mass is 437 g/mol. The average Bonchev–Trinajstić information content (AvgIpc) is 2.79. The Balaban J connectivity index is 1.55. The summed E-state index contributed by atoms with van der Waals surface area (Å²) in [5, 5.41) is 3.25. The molecule has 168 valence electrons. The topological polar surface area (TPSA) is 94.8 Å². The molecule has 7 heteroatoms. The van der Waals surface area contributed by atoms with Crippen LogP contribution in [0.25, 0.3) is 11.0 Å². The van der Waals surface area contributed by atoms with Crippen molar-refractivity contribution in [3.05, 3.63) is 75.1 Å². The van der Waals surface area contributed by atoms with Crippen LogP contribution < -0.4 is 15.7 Å². The molecule has 0 saturated heterocycles. The zero-order valence-electron chi connectivity index (χ0n) is 18.5. The molecule has 1 amide bonds. The first-order valence-electron chi connectivity index (χ1n) is 10.6. The number of amides is 1. The highest BCUT2D eigenvalue weighted by Gasteiger charge is 2.13. The number of esters is 1. The maximum atomic E-state index is 12.3. The summed E-state index contributed by atoms with van der Waals surface area (Å²) in [5.41, 5.74) is 2.81. The maximum absolute atomic E-state index is 12.3. The van der Waals surface area contributed by atoms with Crippen LogP contribution in [0.4, 0.5) is 0 Å². The summed E-state index contributed by atoms with van der Waals surface area (Å²) in [4.78, 5) is 36.3. The van der Waals surface area contributed by atoms with Crippen LogP contribution in [0.5, 0.6) is 5.75 Å². The lowest BCUT2D eigenvalue weighted by Crippen LogP contribution is -2.30. The van der Waals surface area contributed by atoms with Crippen LogP contribution in [0, 0.1) is 13.8 Å². The van der Waals surface area contributed by atoms with E-state index in [0.717, 1.165) is 24.0 Å². The van der Waals surface area contributed by atoms with Gasteiger partial charge in [0.15, 0.2) is 0 Å². The van der Waals surface area contributed by atoms with Gasteiger partial charge in [0.05, 0.1) is 6.61 Å². The lowest BCUT2D eigenvalue weighted by Gasteiger charge is -2.10. The van der Waals surface area contributed by atoms with Crippen molar-refractivity contribution in [2.45, 2.75) is 40.2 Å². The first kappa shape index (κ1) is 23.1. The molecule has 1 heterocycles.